The van der Waals surface area contributed by atoms with Gasteiger partial charge in [0.2, 0.25) is 0 Å². The molecule has 0 aliphatic rings. The molecule has 0 spiro atoms. The zero-order chi connectivity index (χ0) is 19.9. The average Bonchev–Trinajstić information content (AvgIpc) is 2.47. The van der Waals surface area contributed by atoms with E-state index in [2.05, 4.69) is 10.2 Å². The van der Waals surface area contributed by atoms with Crippen LogP contribution in [0.4, 0.5) is 11.4 Å². The van der Waals surface area contributed by atoms with E-state index in [1.165, 1.54) is 13.1 Å². The van der Waals surface area contributed by atoms with Gasteiger partial charge in [-0.15, -0.1) is 0 Å². The van der Waals surface area contributed by atoms with Gasteiger partial charge in [0.1, 0.15) is 0 Å². The fourth-order valence-electron chi connectivity index (χ4n) is 2.64. The number of phenolic OH excluding ortho intramolecular Hbond substituents is 1. The molecule has 0 radical (unpaired) electrons. The van der Waals surface area contributed by atoms with Crippen molar-refractivity contribution in [2.75, 3.05) is 32.3 Å². The Balaban J connectivity index is 3.06. The summed E-state index contributed by atoms with van der Waals surface area (Å²) in [5, 5.41) is 19.2. The Labute approximate surface area is 162 Å². The normalized spacial score (nSPS) is 12.8. The molecule has 0 saturated heterocycles. The summed E-state index contributed by atoms with van der Waals surface area (Å²) in [6, 6.07) is 4.66. The molecule has 0 atom stereocenters. The molecule has 1 N–H and O–H groups in total. The van der Waals surface area contributed by atoms with Gasteiger partial charge in [-0.2, -0.15) is 0 Å². The van der Waals surface area contributed by atoms with Gasteiger partial charge >= 0.3 is 163 Å². The summed E-state index contributed by atoms with van der Waals surface area (Å²) in [5.74, 6) is -0.966. The molecular weight excluding hydrogens is 462 g/mol. The molecular formula is C15H18MoN3O5S2. The summed E-state index contributed by atoms with van der Waals surface area (Å²) in [4.78, 5) is 1.55. The van der Waals surface area contributed by atoms with Crippen molar-refractivity contribution in [1.29, 1.82) is 0 Å². The van der Waals surface area contributed by atoms with E-state index in [0.717, 1.165) is 24.8 Å². The van der Waals surface area contributed by atoms with Gasteiger partial charge in [0.15, 0.2) is 0 Å². The van der Waals surface area contributed by atoms with Crippen LogP contribution in [0, 0.1) is 0 Å². The van der Waals surface area contributed by atoms with Crippen molar-refractivity contribution in [3.8, 4) is 5.75 Å². The zero-order valence-electron chi connectivity index (χ0n) is 14.6. The second-order valence-electron chi connectivity index (χ2n) is 5.95. The molecule has 2 aromatic rings. The van der Waals surface area contributed by atoms with Crippen molar-refractivity contribution in [1.82, 2.24) is 0 Å². The molecule has 0 aliphatic heterocycles. The first-order valence-corrected chi connectivity index (χ1v) is 13.2. The van der Waals surface area contributed by atoms with Crippen molar-refractivity contribution in [2.45, 2.75) is 10.6 Å². The minimum atomic E-state index is -3.78. The van der Waals surface area contributed by atoms with E-state index in [1.807, 2.05) is 0 Å². The van der Waals surface area contributed by atoms with Crippen LogP contribution in [-0.2, 0) is 41.7 Å². The number of hydrogen-bond acceptors (Lipinski definition) is 8. The number of rotatable bonds is 5. The maximum atomic E-state index is 12.3. The van der Waals surface area contributed by atoms with Gasteiger partial charge in [-0.3, -0.25) is 0 Å². The van der Waals surface area contributed by atoms with Crippen LogP contribution in [0.2, 0.25) is 0 Å². The van der Waals surface area contributed by atoms with Crippen molar-refractivity contribution in [2.24, 2.45) is 10.2 Å². The van der Waals surface area contributed by atoms with Crippen molar-refractivity contribution < 1.29 is 40.5 Å². The van der Waals surface area contributed by atoms with Crippen LogP contribution >= 0.6 is 0 Å². The molecule has 0 fully saturated rings. The van der Waals surface area contributed by atoms with Gasteiger partial charge in [-0.25, -0.2) is 0 Å². The van der Waals surface area contributed by atoms with Crippen LogP contribution in [-0.4, -0.2) is 49.3 Å². The molecule has 26 heavy (non-hydrogen) atoms. The SMILES string of the molecule is C/N=N/c1c(N(C)C)ccc2c(O)c(CS(C)(=O)=O)c([S](=O)(=O)[Mo])cc12. The van der Waals surface area contributed by atoms with Gasteiger partial charge in [0, 0.05) is 0 Å². The predicted octanol–water partition coefficient (Wildman–Crippen LogP) is 2.11. The van der Waals surface area contributed by atoms with Crippen molar-refractivity contribution >= 4 is 39.5 Å². The number of sulfone groups is 1. The molecule has 2 rings (SSSR count). The van der Waals surface area contributed by atoms with Gasteiger partial charge in [-0.1, -0.05) is 0 Å². The first-order valence-electron chi connectivity index (χ1n) is 7.29. The second kappa shape index (κ2) is 7.25. The van der Waals surface area contributed by atoms with Gasteiger partial charge < -0.3 is 0 Å². The number of azo groups is 1. The number of phenols is 1. The van der Waals surface area contributed by atoms with Crippen LogP contribution in [0.5, 0.6) is 5.75 Å². The number of benzene rings is 2. The van der Waals surface area contributed by atoms with Crippen molar-refractivity contribution in [3.05, 3.63) is 23.8 Å². The number of fused-ring (bicyclic) bond motifs is 1. The van der Waals surface area contributed by atoms with Gasteiger partial charge in [-0.05, 0) is 0 Å². The summed E-state index contributed by atoms with van der Waals surface area (Å²) in [6.07, 6.45) is 0.982. The quantitative estimate of drug-likeness (QED) is 0.518. The van der Waals surface area contributed by atoms with E-state index < -0.39 is 23.1 Å². The Morgan fingerprint density at radius 3 is 2.23 bits per heavy atom. The van der Waals surface area contributed by atoms with E-state index in [0.29, 0.717) is 22.1 Å². The maximum absolute atomic E-state index is 12.3. The minimum absolute atomic E-state index is 0.137. The molecule has 2 aromatic carbocycles. The Morgan fingerprint density at radius 2 is 1.77 bits per heavy atom. The summed E-state index contributed by atoms with van der Waals surface area (Å²) in [6.45, 7) is 0. The third-order valence-electron chi connectivity index (χ3n) is 3.67. The third-order valence-corrected chi connectivity index (χ3v) is 6.71. The Bertz CT molecular complexity index is 1110. The summed E-state index contributed by atoms with van der Waals surface area (Å²) >= 11 is 0.883. The predicted molar refractivity (Wildman–Crippen MR) is 96.1 cm³/mol. The standard InChI is InChI=1S/C15H18N3O5S2.Mo/c1-16-17-14-10-7-13(24(20)21)11(8-25(4,22)23)15(19)9(10)5-6-12(14)18(2)3;/h5-7,19H,8H2,1-4H3;/b17-16+;. The molecule has 0 saturated carbocycles. The van der Waals surface area contributed by atoms with Gasteiger partial charge in [0.25, 0.3) is 0 Å². The Hall–Kier alpha value is -1.51. The molecule has 0 aliphatic carbocycles. The molecule has 0 aromatic heterocycles. The molecule has 141 valence electrons. The van der Waals surface area contributed by atoms with E-state index >= 15 is 0 Å². The fourth-order valence-corrected chi connectivity index (χ4v) is 5.37. The van der Waals surface area contributed by atoms with Gasteiger partial charge in [0.05, 0.1) is 0 Å². The topological polar surface area (TPSA) is 116 Å². The van der Waals surface area contributed by atoms with Crippen molar-refractivity contribution in [3.63, 3.8) is 0 Å². The number of nitrogens with zero attached hydrogens (tertiary/aromatic N) is 3. The number of anilines is 1. The van der Waals surface area contributed by atoms with Crippen LogP contribution in [0.1, 0.15) is 5.56 Å². The zero-order valence-corrected chi connectivity index (χ0v) is 18.2. The number of aromatic hydroxyl groups is 1. The summed E-state index contributed by atoms with van der Waals surface area (Å²) in [7, 11) is -2.28. The van der Waals surface area contributed by atoms with E-state index in [9.17, 15) is 21.9 Å². The fraction of sp³-hybridized carbons (Fsp3) is 0.333. The molecule has 0 amide bonds. The van der Waals surface area contributed by atoms with E-state index in [-0.39, 0.29) is 16.2 Å². The average molecular weight is 480 g/mol. The Morgan fingerprint density at radius 1 is 1.15 bits per heavy atom. The summed E-state index contributed by atoms with van der Waals surface area (Å²) in [5.41, 5.74) is 0.934. The molecule has 11 heteroatoms. The monoisotopic (exact) mass is 482 g/mol. The molecule has 8 nitrogen and oxygen atoms in total. The van der Waals surface area contributed by atoms with Crippen LogP contribution < -0.4 is 4.90 Å². The summed E-state index contributed by atoms with van der Waals surface area (Å²) < 4.78 is 48.0. The molecule has 0 unspecified atom stereocenters. The second-order valence-corrected chi connectivity index (χ2v) is 12.7. The van der Waals surface area contributed by atoms with Crippen LogP contribution in [0.25, 0.3) is 10.8 Å². The van der Waals surface area contributed by atoms with Crippen LogP contribution in [0.15, 0.2) is 33.3 Å². The Kier molecular flexibility index (Phi) is 5.80. The van der Waals surface area contributed by atoms with Crippen LogP contribution in [0.3, 0.4) is 0 Å². The molecule has 0 bridgehead atoms. The first-order chi connectivity index (χ1) is 11.9. The van der Waals surface area contributed by atoms with E-state index in [4.69, 9.17) is 0 Å². The first kappa shape index (κ1) is 20.8. The molecule has 0 heterocycles. The van der Waals surface area contributed by atoms with E-state index in [1.54, 1.807) is 31.1 Å². The number of hydrogen-bond donors (Lipinski definition) is 1. The third kappa shape index (κ3) is 4.24.